The molecular weight excluding hydrogens is 112 g/mol. The van der Waals surface area contributed by atoms with E-state index in [0.717, 1.165) is 0 Å². The lowest BCUT2D eigenvalue weighted by Crippen LogP contribution is -1.95. The molecule has 2 aliphatic rings. The van der Waals surface area contributed by atoms with Gasteiger partial charge in [-0.2, -0.15) is 0 Å². The molecule has 1 atom stereocenters. The van der Waals surface area contributed by atoms with Crippen molar-refractivity contribution >= 4 is 0 Å². The summed E-state index contributed by atoms with van der Waals surface area (Å²) >= 11 is 0. The topological polar surface area (TPSA) is 9.23 Å². The average Bonchev–Trinajstić information content (AvgIpc) is 2.33. The second-order valence-corrected chi connectivity index (χ2v) is 2.16. The molecule has 0 aromatic rings. The summed E-state index contributed by atoms with van der Waals surface area (Å²) in [6.07, 6.45) is 10.0. The van der Waals surface area contributed by atoms with Gasteiger partial charge in [0.25, 0.3) is 0 Å². The smallest absolute Gasteiger partial charge is 0.146 e. The molecule has 0 bridgehead atoms. The van der Waals surface area contributed by atoms with Crippen molar-refractivity contribution in [3.8, 4) is 0 Å². The lowest BCUT2D eigenvalue weighted by molar-refractivity contribution is 0.341. The van der Waals surface area contributed by atoms with Crippen molar-refractivity contribution in [3.05, 3.63) is 42.7 Å². The van der Waals surface area contributed by atoms with Crippen LogP contribution in [-0.2, 0) is 4.74 Å². The molecule has 1 aliphatic heterocycles. The van der Waals surface area contributed by atoms with E-state index in [1.807, 2.05) is 18.8 Å². The van der Waals surface area contributed by atoms with Crippen LogP contribution in [0.3, 0.4) is 0 Å². The van der Waals surface area contributed by atoms with E-state index in [9.17, 15) is 0 Å². The van der Waals surface area contributed by atoms with Crippen LogP contribution < -0.4 is 0 Å². The third-order valence-corrected chi connectivity index (χ3v) is 1.53. The Labute approximate surface area is 54.3 Å². The fourth-order valence-corrected chi connectivity index (χ4v) is 1.02. The second-order valence-electron chi connectivity index (χ2n) is 2.16. The molecule has 1 radical (unpaired) electrons. The van der Waals surface area contributed by atoms with Gasteiger partial charge in [0.1, 0.15) is 6.61 Å². The molecule has 2 rings (SSSR count). The first-order valence-electron chi connectivity index (χ1n) is 3.00. The van der Waals surface area contributed by atoms with Crippen molar-refractivity contribution in [1.29, 1.82) is 0 Å². The summed E-state index contributed by atoms with van der Waals surface area (Å²) < 4.78 is 5.00. The number of hydrogen-bond donors (Lipinski definition) is 0. The SMILES string of the molecule is [CH]1OC=C2C=CC=CC12. The van der Waals surface area contributed by atoms with E-state index in [2.05, 4.69) is 12.2 Å². The molecule has 0 aromatic carbocycles. The zero-order valence-corrected chi connectivity index (χ0v) is 4.95. The third kappa shape index (κ3) is 0.689. The summed E-state index contributed by atoms with van der Waals surface area (Å²) in [6.45, 7) is 1.83. The molecule has 0 N–H and O–H groups in total. The normalized spacial score (nSPS) is 29.3. The molecule has 0 spiro atoms. The Bertz CT molecular complexity index is 196. The minimum Gasteiger partial charge on any atom is -0.493 e. The summed E-state index contributed by atoms with van der Waals surface area (Å²) in [5.41, 5.74) is 1.25. The maximum Gasteiger partial charge on any atom is 0.146 e. The predicted octanol–water partition coefficient (Wildman–Crippen LogP) is 1.80. The number of rotatable bonds is 0. The summed E-state index contributed by atoms with van der Waals surface area (Å²) in [5.74, 6) is 0.412. The number of hydrogen-bond acceptors (Lipinski definition) is 1. The minimum atomic E-state index is 0.412. The summed E-state index contributed by atoms with van der Waals surface area (Å²) in [6, 6.07) is 0. The molecule has 1 heterocycles. The monoisotopic (exact) mass is 119 g/mol. The Morgan fingerprint density at radius 2 is 2.33 bits per heavy atom. The first-order valence-corrected chi connectivity index (χ1v) is 3.00. The van der Waals surface area contributed by atoms with Crippen LogP contribution >= 0.6 is 0 Å². The maximum atomic E-state index is 5.00. The third-order valence-electron chi connectivity index (χ3n) is 1.53. The zero-order valence-electron chi connectivity index (χ0n) is 4.95. The van der Waals surface area contributed by atoms with Crippen LogP contribution in [0.2, 0.25) is 0 Å². The van der Waals surface area contributed by atoms with E-state index in [1.165, 1.54) is 5.57 Å². The molecule has 45 valence electrons. The standard InChI is InChI=1S/C8H7O/c1-2-4-8-6-9-5-7(8)3-1/h1-7H. The second kappa shape index (κ2) is 1.76. The molecule has 9 heavy (non-hydrogen) atoms. The highest BCUT2D eigenvalue weighted by molar-refractivity contribution is 5.35. The Kier molecular flexibility index (Phi) is 0.950. The average molecular weight is 119 g/mol. The van der Waals surface area contributed by atoms with Gasteiger partial charge in [0.15, 0.2) is 0 Å². The lowest BCUT2D eigenvalue weighted by Gasteiger charge is -2.04. The van der Waals surface area contributed by atoms with E-state index in [4.69, 9.17) is 4.74 Å². The van der Waals surface area contributed by atoms with Crippen molar-refractivity contribution in [1.82, 2.24) is 0 Å². The molecule has 0 saturated carbocycles. The first kappa shape index (κ1) is 4.86. The largest absolute Gasteiger partial charge is 0.493 e. The Balaban J connectivity index is 2.33. The highest BCUT2D eigenvalue weighted by Gasteiger charge is 2.17. The van der Waals surface area contributed by atoms with Gasteiger partial charge in [-0.15, -0.1) is 0 Å². The molecular formula is C8H7O. The van der Waals surface area contributed by atoms with Gasteiger partial charge in [-0.1, -0.05) is 24.3 Å². The lowest BCUT2D eigenvalue weighted by atomic mass is 9.98. The van der Waals surface area contributed by atoms with Crippen LogP contribution in [0.5, 0.6) is 0 Å². The quantitative estimate of drug-likeness (QED) is 0.472. The molecule has 1 heteroatoms. The van der Waals surface area contributed by atoms with Gasteiger partial charge >= 0.3 is 0 Å². The highest BCUT2D eigenvalue weighted by Crippen LogP contribution is 2.26. The van der Waals surface area contributed by atoms with Gasteiger partial charge in [-0.05, 0) is 5.57 Å². The Hall–Kier alpha value is -0.980. The Morgan fingerprint density at radius 3 is 3.22 bits per heavy atom. The molecule has 0 amide bonds. The molecule has 0 aromatic heterocycles. The van der Waals surface area contributed by atoms with Gasteiger partial charge in [-0.3, -0.25) is 0 Å². The molecule has 0 fully saturated rings. The van der Waals surface area contributed by atoms with E-state index < -0.39 is 0 Å². The van der Waals surface area contributed by atoms with Gasteiger partial charge < -0.3 is 4.74 Å². The van der Waals surface area contributed by atoms with Gasteiger partial charge in [0.05, 0.1) is 6.26 Å². The summed E-state index contributed by atoms with van der Waals surface area (Å²) in [5, 5.41) is 0. The molecule has 1 aliphatic carbocycles. The molecule has 1 nitrogen and oxygen atoms in total. The van der Waals surface area contributed by atoms with Crippen LogP contribution in [0.4, 0.5) is 0 Å². The predicted molar refractivity (Wildman–Crippen MR) is 35.2 cm³/mol. The van der Waals surface area contributed by atoms with Crippen LogP contribution in [0.15, 0.2) is 36.1 Å². The van der Waals surface area contributed by atoms with Gasteiger partial charge in [-0.25, -0.2) is 0 Å². The maximum absolute atomic E-state index is 5.00. The first-order chi connectivity index (χ1) is 4.47. The van der Waals surface area contributed by atoms with E-state index in [0.29, 0.717) is 5.92 Å². The van der Waals surface area contributed by atoms with Crippen LogP contribution in [-0.4, -0.2) is 0 Å². The van der Waals surface area contributed by atoms with Gasteiger partial charge in [0.2, 0.25) is 0 Å². The van der Waals surface area contributed by atoms with Crippen LogP contribution in [0, 0.1) is 12.5 Å². The van der Waals surface area contributed by atoms with Crippen molar-refractivity contribution in [3.63, 3.8) is 0 Å². The highest BCUT2D eigenvalue weighted by atomic mass is 16.5. The van der Waals surface area contributed by atoms with E-state index >= 15 is 0 Å². The minimum absolute atomic E-state index is 0.412. The van der Waals surface area contributed by atoms with E-state index in [-0.39, 0.29) is 0 Å². The van der Waals surface area contributed by atoms with Crippen LogP contribution in [0.1, 0.15) is 0 Å². The van der Waals surface area contributed by atoms with E-state index in [1.54, 1.807) is 6.26 Å². The van der Waals surface area contributed by atoms with Crippen molar-refractivity contribution in [2.45, 2.75) is 0 Å². The van der Waals surface area contributed by atoms with Crippen molar-refractivity contribution < 1.29 is 4.74 Å². The van der Waals surface area contributed by atoms with Gasteiger partial charge in [0, 0.05) is 5.92 Å². The van der Waals surface area contributed by atoms with Crippen molar-refractivity contribution in [2.75, 3.05) is 0 Å². The summed E-state index contributed by atoms with van der Waals surface area (Å²) in [7, 11) is 0. The fraction of sp³-hybridized carbons (Fsp3) is 0.125. The fourth-order valence-electron chi connectivity index (χ4n) is 1.02. The number of allylic oxidation sites excluding steroid dienone is 3. The summed E-state index contributed by atoms with van der Waals surface area (Å²) in [4.78, 5) is 0. The zero-order chi connectivity index (χ0) is 6.10. The van der Waals surface area contributed by atoms with Crippen LogP contribution in [0.25, 0.3) is 0 Å². The number of ether oxygens (including phenoxy) is 1. The molecule has 1 unspecified atom stereocenters. The number of fused-ring (bicyclic) bond motifs is 1. The van der Waals surface area contributed by atoms with Crippen molar-refractivity contribution in [2.24, 2.45) is 5.92 Å². The Morgan fingerprint density at radius 1 is 1.33 bits per heavy atom. The molecule has 0 saturated heterocycles.